The average Bonchev–Trinajstić information content (AvgIpc) is 2.65. The van der Waals surface area contributed by atoms with Crippen molar-refractivity contribution in [2.45, 2.75) is 19.9 Å². The summed E-state index contributed by atoms with van der Waals surface area (Å²) in [6.45, 7) is 3.79. The SMILES string of the molecule is COc1ccc(C(C)N/C=C(/C#N)C(=O)Nc2cc(Cl)ccc2C)cc1. The predicted octanol–water partition coefficient (Wildman–Crippen LogP) is 4.35. The van der Waals surface area contributed by atoms with Crippen LogP contribution in [-0.4, -0.2) is 13.0 Å². The second kappa shape index (κ2) is 8.93. The topological polar surface area (TPSA) is 74.1 Å². The van der Waals surface area contributed by atoms with E-state index in [-0.39, 0.29) is 11.6 Å². The first kappa shape index (κ1) is 19.4. The van der Waals surface area contributed by atoms with Crippen LogP contribution in [-0.2, 0) is 4.79 Å². The van der Waals surface area contributed by atoms with Gasteiger partial charge in [-0.2, -0.15) is 5.26 Å². The monoisotopic (exact) mass is 369 g/mol. The van der Waals surface area contributed by atoms with Crippen LogP contribution < -0.4 is 15.4 Å². The second-order valence-corrected chi connectivity index (χ2v) is 6.18. The number of nitrogens with zero attached hydrogens (tertiary/aromatic N) is 1. The van der Waals surface area contributed by atoms with Gasteiger partial charge in [0.15, 0.2) is 0 Å². The maximum absolute atomic E-state index is 12.3. The summed E-state index contributed by atoms with van der Waals surface area (Å²) < 4.78 is 5.13. The minimum atomic E-state index is -0.493. The minimum absolute atomic E-state index is 0.0234. The van der Waals surface area contributed by atoms with Gasteiger partial charge in [0.25, 0.3) is 5.91 Å². The molecule has 0 aliphatic rings. The molecule has 2 aromatic carbocycles. The number of nitriles is 1. The van der Waals surface area contributed by atoms with E-state index in [4.69, 9.17) is 16.3 Å². The van der Waals surface area contributed by atoms with Crippen molar-refractivity contribution < 1.29 is 9.53 Å². The zero-order valence-corrected chi connectivity index (χ0v) is 15.6. The highest BCUT2D eigenvalue weighted by Crippen LogP contribution is 2.21. The number of anilines is 1. The number of rotatable bonds is 6. The summed E-state index contributed by atoms with van der Waals surface area (Å²) in [7, 11) is 1.61. The average molecular weight is 370 g/mol. The van der Waals surface area contributed by atoms with Crippen LogP contribution in [0.4, 0.5) is 5.69 Å². The standard InChI is InChI=1S/C20H20ClN3O2/c1-13-4-7-17(21)10-19(13)24-20(25)16(11-22)12-23-14(2)15-5-8-18(26-3)9-6-15/h4-10,12,14,23H,1-3H3,(H,24,25)/b16-12-. The lowest BCUT2D eigenvalue weighted by Crippen LogP contribution is -2.19. The summed E-state index contributed by atoms with van der Waals surface area (Å²) in [5.41, 5.74) is 2.42. The van der Waals surface area contributed by atoms with Crippen molar-refractivity contribution in [1.29, 1.82) is 5.26 Å². The number of methoxy groups -OCH3 is 1. The Morgan fingerprint density at radius 1 is 1.27 bits per heavy atom. The molecule has 134 valence electrons. The molecule has 0 bridgehead atoms. The fourth-order valence-electron chi connectivity index (χ4n) is 2.26. The van der Waals surface area contributed by atoms with E-state index in [1.54, 1.807) is 25.3 Å². The number of benzene rings is 2. The summed E-state index contributed by atoms with van der Waals surface area (Å²) >= 11 is 5.95. The predicted molar refractivity (Wildman–Crippen MR) is 103 cm³/mol. The molecule has 0 saturated heterocycles. The first-order valence-corrected chi connectivity index (χ1v) is 8.40. The molecule has 6 heteroatoms. The van der Waals surface area contributed by atoms with Gasteiger partial charge in [-0.25, -0.2) is 0 Å². The lowest BCUT2D eigenvalue weighted by atomic mass is 10.1. The van der Waals surface area contributed by atoms with Crippen LogP contribution in [0.3, 0.4) is 0 Å². The van der Waals surface area contributed by atoms with E-state index in [1.807, 2.05) is 44.2 Å². The lowest BCUT2D eigenvalue weighted by Gasteiger charge is -2.13. The van der Waals surface area contributed by atoms with E-state index < -0.39 is 5.91 Å². The van der Waals surface area contributed by atoms with Gasteiger partial charge >= 0.3 is 0 Å². The first-order valence-electron chi connectivity index (χ1n) is 8.02. The van der Waals surface area contributed by atoms with E-state index in [2.05, 4.69) is 10.6 Å². The molecular weight excluding hydrogens is 350 g/mol. The van der Waals surface area contributed by atoms with Crippen molar-refractivity contribution in [2.75, 3.05) is 12.4 Å². The largest absolute Gasteiger partial charge is 0.497 e. The Morgan fingerprint density at radius 3 is 2.58 bits per heavy atom. The number of aryl methyl sites for hydroxylation is 1. The molecule has 5 nitrogen and oxygen atoms in total. The lowest BCUT2D eigenvalue weighted by molar-refractivity contribution is -0.112. The Labute approximate surface area is 158 Å². The molecular formula is C20H20ClN3O2. The fourth-order valence-corrected chi connectivity index (χ4v) is 2.44. The number of carbonyl (C=O) groups is 1. The van der Waals surface area contributed by atoms with E-state index in [9.17, 15) is 10.1 Å². The summed E-state index contributed by atoms with van der Waals surface area (Å²) in [5, 5.41) is 15.6. The van der Waals surface area contributed by atoms with E-state index in [0.29, 0.717) is 10.7 Å². The number of carbonyl (C=O) groups excluding carboxylic acids is 1. The third kappa shape index (κ3) is 5.01. The van der Waals surface area contributed by atoms with Gasteiger partial charge in [0, 0.05) is 23.0 Å². The highest BCUT2D eigenvalue weighted by atomic mass is 35.5. The zero-order chi connectivity index (χ0) is 19.1. The van der Waals surface area contributed by atoms with Gasteiger partial charge < -0.3 is 15.4 Å². The van der Waals surface area contributed by atoms with Crippen LogP contribution in [0.25, 0.3) is 0 Å². The van der Waals surface area contributed by atoms with Crippen molar-refractivity contribution >= 4 is 23.2 Å². The summed E-state index contributed by atoms with van der Waals surface area (Å²) in [5.74, 6) is 0.276. The molecule has 1 unspecified atom stereocenters. The Hall–Kier alpha value is -2.97. The van der Waals surface area contributed by atoms with Gasteiger partial charge in [0.1, 0.15) is 17.4 Å². The highest BCUT2D eigenvalue weighted by Gasteiger charge is 2.12. The molecule has 26 heavy (non-hydrogen) atoms. The zero-order valence-electron chi connectivity index (χ0n) is 14.8. The molecule has 0 heterocycles. The Morgan fingerprint density at radius 2 is 1.96 bits per heavy atom. The van der Waals surface area contributed by atoms with E-state index in [1.165, 1.54) is 6.20 Å². The molecule has 0 aliphatic carbocycles. The van der Waals surface area contributed by atoms with Gasteiger partial charge in [-0.1, -0.05) is 29.8 Å². The molecule has 2 rings (SSSR count). The van der Waals surface area contributed by atoms with Crippen molar-refractivity contribution in [2.24, 2.45) is 0 Å². The van der Waals surface area contributed by atoms with Gasteiger partial charge in [0.2, 0.25) is 0 Å². The molecule has 0 radical (unpaired) electrons. The quantitative estimate of drug-likeness (QED) is 0.586. The van der Waals surface area contributed by atoms with E-state index >= 15 is 0 Å². The molecule has 0 aliphatic heterocycles. The highest BCUT2D eigenvalue weighted by molar-refractivity contribution is 6.31. The Bertz CT molecular complexity index is 854. The summed E-state index contributed by atoms with van der Waals surface area (Å²) in [4.78, 5) is 12.3. The Balaban J connectivity index is 2.07. The normalized spacial score (nSPS) is 12.0. The Kier molecular flexibility index (Phi) is 6.65. The van der Waals surface area contributed by atoms with Gasteiger partial charge in [-0.15, -0.1) is 0 Å². The third-order valence-corrected chi connectivity index (χ3v) is 4.14. The number of halogens is 1. The number of hydrogen-bond donors (Lipinski definition) is 2. The van der Waals surface area contributed by atoms with Crippen molar-refractivity contribution in [3.8, 4) is 11.8 Å². The number of hydrogen-bond acceptors (Lipinski definition) is 4. The van der Waals surface area contributed by atoms with Crippen molar-refractivity contribution in [3.05, 3.63) is 70.4 Å². The fraction of sp³-hybridized carbons (Fsp3) is 0.200. The molecule has 1 amide bonds. The van der Waals surface area contributed by atoms with Gasteiger partial charge in [-0.3, -0.25) is 4.79 Å². The first-order chi connectivity index (χ1) is 12.4. The molecule has 2 aromatic rings. The van der Waals surface area contributed by atoms with Crippen LogP contribution in [0, 0.1) is 18.3 Å². The van der Waals surface area contributed by atoms with Crippen LogP contribution in [0.2, 0.25) is 5.02 Å². The minimum Gasteiger partial charge on any atom is -0.497 e. The maximum Gasteiger partial charge on any atom is 0.267 e. The molecule has 0 aromatic heterocycles. The van der Waals surface area contributed by atoms with Crippen LogP contribution in [0.5, 0.6) is 5.75 Å². The van der Waals surface area contributed by atoms with Crippen LogP contribution in [0.15, 0.2) is 54.2 Å². The van der Waals surface area contributed by atoms with Crippen LogP contribution in [0.1, 0.15) is 24.1 Å². The van der Waals surface area contributed by atoms with E-state index in [0.717, 1.165) is 16.9 Å². The molecule has 0 spiro atoms. The summed E-state index contributed by atoms with van der Waals surface area (Å²) in [6.07, 6.45) is 1.42. The second-order valence-electron chi connectivity index (χ2n) is 5.74. The van der Waals surface area contributed by atoms with Crippen molar-refractivity contribution in [3.63, 3.8) is 0 Å². The smallest absolute Gasteiger partial charge is 0.267 e. The van der Waals surface area contributed by atoms with Crippen molar-refractivity contribution in [1.82, 2.24) is 5.32 Å². The van der Waals surface area contributed by atoms with Crippen LogP contribution >= 0.6 is 11.6 Å². The summed E-state index contributed by atoms with van der Waals surface area (Å²) in [6, 6.07) is 14.6. The molecule has 0 saturated carbocycles. The number of amides is 1. The maximum atomic E-state index is 12.3. The van der Waals surface area contributed by atoms with Gasteiger partial charge in [-0.05, 0) is 49.2 Å². The third-order valence-electron chi connectivity index (χ3n) is 3.91. The molecule has 2 N–H and O–H groups in total. The number of nitrogens with one attached hydrogen (secondary N) is 2. The number of ether oxygens (including phenoxy) is 1. The van der Waals surface area contributed by atoms with Gasteiger partial charge in [0.05, 0.1) is 7.11 Å². The molecule has 0 fully saturated rings. The molecule has 1 atom stereocenters.